The van der Waals surface area contributed by atoms with Crippen LogP contribution in [0.1, 0.15) is 48.7 Å². The molecule has 2 aromatic rings. The molecule has 2 fully saturated rings. The topological polar surface area (TPSA) is 75.2 Å². The minimum atomic E-state index is -0.366. The highest BCUT2D eigenvalue weighted by atomic mass is 16.2. The quantitative estimate of drug-likeness (QED) is 0.891. The summed E-state index contributed by atoms with van der Waals surface area (Å²) in [5.41, 5.74) is 4.37. The van der Waals surface area contributed by atoms with Gasteiger partial charge in [-0.05, 0) is 38.7 Å². The van der Waals surface area contributed by atoms with Crippen LogP contribution in [0.3, 0.4) is 0 Å². The van der Waals surface area contributed by atoms with Crippen LogP contribution in [0.2, 0.25) is 0 Å². The number of amides is 2. The van der Waals surface area contributed by atoms with E-state index in [9.17, 15) is 9.59 Å². The Hall–Kier alpha value is -2.76. The lowest BCUT2D eigenvalue weighted by molar-refractivity contribution is -0.135. The van der Waals surface area contributed by atoms with Crippen molar-refractivity contribution in [1.29, 1.82) is 0 Å². The first-order chi connectivity index (χ1) is 13.5. The van der Waals surface area contributed by atoms with E-state index in [-0.39, 0.29) is 23.8 Å². The average Bonchev–Trinajstić information content (AvgIpc) is 3.14. The molecule has 4 rings (SSSR count). The lowest BCUT2D eigenvalue weighted by atomic mass is 9.89. The van der Waals surface area contributed by atoms with Crippen LogP contribution in [-0.4, -0.2) is 45.8 Å². The summed E-state index contributed by atoms with van der Waals surface area (Å²) in [5, 5.41) is 2.80. The monoisotopic (exact) mass is 378 g/mol. The Bertz CT molecular complexity index is 911. The molecule has 2 aliphatic rings. The van der Waals surface area contributed by atoms with Gasteiger partial charge in [0.05, 0.1) is 5.69 Å². The molecule has 2 saturated heterocycles. The Kier molecular flexibility index (Phi) is 5.11. The van der Waals surface area contributed by atoms with Gasteiger partial charge in [-0.2, -0.15) is 0 Å². The Balaban J connectivity index is 1.61. The molecular formula is C22H26N4O2. The largest absolute Gasteiger partial charge is 0.344 e. The Morgan fingerprint density at radius 2 is 2.11 bits per heavy atom. The maximum atomic E-state index is 12.9. The molecule has 0 spiro atoms. The molecule has 0 aliphatic carbocycles. The Morgan fingerprint density at radius 3 is 2.86 bits per heavy atom. The molecule has 0 bridgehead atoms. The van der Waals surface area contributed by atoms with E-state index in [0.717, 1.165) is 42.0 Å². The number of hydrogen-bond donors (Lipinski definition) is 1. The fraction of sp³-hybridized carbons (Fsp3) is 0.455. The summed E-state index contributed by atoms with van der Waals surface area (Å²) >= 11 is 0. The summed E-state index contributed by atoms with van der Waals surface area (Å²) in [6, 6.07) is 8.00. The van der Waals surface area contributed by atoms with Gasteiger partial charge in [0, 0.05) is 37.2 Å². The third kappa shape index (κ3) is 3.77. The van der Waals surface area contributed by atoms with Gasteiger partial charge in [-0.25, -0.2) is 9.97 Å². The van der Waals surface area contributed by atoms with Crippen LogP contribution in [0, 0.1) is 13.8 Å². The van der Waals surface area contributed by atoms with Gasteiger partial charge in [-0.1, -0.05) is 29.8 Å². The standard InChI is InChI=1S/C22H26N4O2/c1-14-5-3-6-16(11-14)18-12-23-15(2)24-21(18)17-7-4-10-26(13-17)22(28)19-8-9-20(27)25-19/h3,5-6,11-12,17,19H,4,7-10,13H2,1-2H3,(H,25,27)/t17?,19-/m0/s1. The van der Waals surface area contributed by atoms with Crippen molar-refractivity contribution >= 4 is 11.8 Å². The van der Waals surface area contributed by atoms with E-state index in [1.807, 2.05) is 24.1 Å². The number of hydrogen-bond acceptors (Lipinski definition) is 4. The summed E-state index contributed by atoms with van der Waals surface area (Å²) in [4.78, 5) is 35.5. The highest BCUT2D eigenvalue weighted by Gasteiger charge is 2.34. The van der Waals surface area contributed by atoms with Gasteiger partial charge in [-0.3, -0.25) is 9.59 Å². The first kappa shape index (κ1) is 18.6. The number of aromatic nitrogens is 2. The van der Waals surface area contributed by atoms with Crippen LogP contribution in [0.4, 0.5) is 0 Å². The van der Waals surface area contributed by atoms with Crippen LogP contribution in [0.15, 0.2) is 30.5 Å². The predicted octanol–water partition coefficient (Wildman–Crippen LogP) is 2.75. The molecule has 6 nitrogen and oxygen atoms in total. The van der Waals surface area contributed by atoms with Crippen molar-refractivity contribution in [2.45, 2.75) is 51.5 Å². The zero-order valence-corrected chi connectivity index (χ0v) is 16.4. The van der Waals surface area contributed by atoms with E-state index < -0.39 is 0 Å². The molecule has 28 heavy (non-hydrogen) atoms. The van der Waals surface area contributed by atoms with Crippen molar-refractivity contribution < 1.29 is 9.59 Å². The molecule has 3 heterocycles. The number of carbonyl (C=O) groups excluding carboxylic acids is 2. The molecule has 6 heteroatoms. The number of nitrogens with zero attached hydrogens (tertiary/aromatic N) is 3. The van der Waals surface area contributed by atoms with Crippen LogP contribution >= 0.6 is 0 Å². The minimum absolute atomic E-state index is 0.0277. The summed E-state index contributed by atoms with van der Waals surface area (Å²) in [6.45, 7) is 5.37. The molecule has 2 amide bonds. The van der Waals surface area contributed by atoms with Crippen molar-refractivity contribution in [3.05, 3.63) is 47.5 Å². The van der Waals surface area contributed by atoms with Gasteiger partial charge in [-0.15, -0.1) is 0 Å². The number of benzene rings is 1. The van der Waals surface area contributed by atoms with Crippen LogP contribution in [-0.2, 0) is 9.59 Å². The number of piperidine rings is 1. The zero-order valence-electron chi connectivity index (χ0n) is 16.4. The van der Waals surface area contributed by atoms with E-state index in [0.29, 0.717) is 19.4 Å². The molecule has 1 aromatic heterocycles. The van der Waals surface area contributed by atoms with Gasteiger partial charge in [0.1, 0.15) is 11.9 Å². The first-order valence-corrected chi connectivity index (χ1v) is 10.00. The number of likely N-dealkylation sites (tertiary alicyclic amines) is 1. The third-order valence-electron chi connectivity index (χ3n) is 5.68. The average molecular weight is 378 g/mol. The number of carbonyl (C=O) groups is 2. The van der Waals surface area contributed by atoms with Crippen LogP contribution < -0.4 is 5.32 Å². The van der Waals surface area contributed by atoms with Crippen molar-refractivity contribution in [2.24, 2.45) is 0 Å². The van der Waals surface area contributed by atoms with Crippen molar-refractivity contribution in [3.63, 3.8) is 0 Å². The van der Waals surface area contributed by atoms with Crippen molar-refractivity contribution in [1.82, 2.24) is 20.2 Å². The van der Waals surface area contributed by atoms with Gasteiger partial charge in [0.25, 0.3) is 0 Å². The lowest BCUT2D eigenvalue weighted by Gasteiger charge is -2.34. The fourth-order valence-electron chi connectivity index (χ4n) is 4.25. The highest BCUT2D eigenvalue weighted by molar-refractivity contribution is 5.90. The summed E-state index contributed by atoms with van der Waals surface area (Å²) < 4.78 is 0. The second kappa shape index (κ2) is 7.70. The summed E-state index contributed by atoms with van der Waals surface area (Å²) in [7, 11) is 0. The van der Waals surface area contributed by atoms with Crippen LogP contribution in [0.5, 0.6) is 0 Å². The van der Waals surface area contributed by atoms with Gasteiger partial charge < -0.3 is 10.2 Å². The van der Waals surface area contributed by atoms with E-state index >= 15 is 0 Å². The number of nitrogens with one attached hydrogen (secondary N) is 1. The maximum absolute atomic E-state index is 12.9. The Morgan fingerprint density at radius 1 is 1.25 bits per heavy atom. The van der Waals surface area contributed by atoms with E-state index in [4.69, 9.17) is 4.98 Å². The van der Waals surface area contributed by atoms with Gasteiger partial charge >= 0.3 is 0 Å². The van der Waals surface area contributed by atoms with E-state index in [1.54, 1.807) is 0 Å². The molecule has 0 radical (unpaired) electrons. The minimum Gasteiger partial charge on any atom is -0.344 e. The maximum Gasteiger partial charge on any atom is 0.245 e. The summed E-state index contributed by atoms with van der Waals surface area (Å²) in [6.07, 6.45) is 4.88. The molecule has 1 aromatic carbocycles. The van der Waals surface area contributed by atoms with Crippen molar-refractivity contribution in [3.8, 4) is 11.1 Å². The molecule has 2 atom stereocenters. The van der Waals surface area contributed by atoms with Crippen LogP contribution in [0.25, 0.3) is 11.1 Å². The smallest absolute Gasteiger partial charge is 0.245 e. The summed E-state index contributed by atoms with van der Waals surface area (Å²) in [5.74, 6) is 0.934. The SMILES string of the molecule is Cc1cccc(-c2cnc(C)nc2C2CCCN(C(=O)[C@@H]3CCC(=O)N3)C2)c1. The second-order valence-electron chi connectivity index (χ2n) is 7.87. The van der Waals surface area contributed by atoms with Crippen molar-refractivity contribution in [2.75, 3.05) is 13.1 Å². The first-order valence-electron chi connectivity index (χ1n) is 10.00. The lowest BCUT2D eigenvalue weighted by Crippen LogP contribution is -2.48. The van der Waals surface area contributed by atoms with Gasteiger partial charge in [0.15, 0.2) is 0 Å². The molecule has 1 unspecified atom stereocenters. The second-order valence-corrected chi connectivity index (χ2v) is 7.87. The predicted molar refractivity (Wildman–Crippen MR) is 107 cm³/mol. The van der Waals surface area contributed by atoms with E-state index in [1.165, 1.54) is 5.56 Å². The van der Waals surface area contributed by atoms with E-state index in [2.05, 4.69) is 35.4 Å². The molecule has 0 saturated carbocycles. The zero-order chi connectivity index (χ0) is 19.7. The molecular weight excluding hydrogens is 352 g/mol. The van der Waals surface area contributed by atoms with Gasteiger partial charge in [0.2, 0.25) is 11.8 Å². The highest BCUT2D eigenvalue weighted by Crippen LogP contribution is 2.33. The third-order valence-corrected chi connectivity index (χ3v) is 5.68. The fourth-order valence-corrected chi connectivity index (χ4v) is 4.25. The number of aryl methyl sites for hydroxylation is 2. The Labute approximate surface area is 165 Å². The normalized spacial score (nSPS) is 22.2. The number of rotatable bonds is 3. The molecule has 2 aliphatic heterocycles. The molecule has 1 N–H and O–H groups in total. The molecule has 146 valence electrons.